The van der Waals surface area contributed by atoms with E-state index in [-0.39, 0.29) is 10.8 Å². The summed E-state index contributed by atoms with van der Waals surface area (Å²) < 4.78 is 4.88. The average Bonchev–Trinajstić information content (AvgIpc) is 2.25. The number of hydrogen-bond donors (Lipinski definition) is 0. The summed E-state index contributed by atoms with van der Waals surface area (Å²) in [4.78, 5) is 4.79. The zero-order chi connectivity index (χ0) is 79.9. The van der Waals surface area contributed by atoms with Gasteiger partial charge in [0.15, 0.2) is 0 Å². The molecule has 2 aromatic heterocycles. The first-order chi connectivity index (χ1) is 59.0. The molecule has 0 saturated heterocycles. The third kappa shape index (κ3) is 11.3. The van der Waals surface area contributed by atoms with Gasteiger partial charge in [0.25, 0.3) is 0 Å². The minimum Gasteiger partial charge on any atom is -0.310 e. The molecule has 0 aliphatic heterocycles. The van der Waals surface area contributed by atoms with Crippen molar-refractivity contribution in [2.45, 2.75) is 38.5 Å². The maximum atomic E-state index is 2.44. The summed E-state index contributed by atoms with van der Waals surface area (Å²) in [5.74, 6) is 0. The SMILES string of the molecule is CC1(C)c2cc(N(c3ccccc3)c3ccc(-c4ccc(-n5c6ccc7ccccc7c6c6c7ccccc7ccc65)cc4)cc3)ccc2-c2cc3ccccc3cc21.CC1(C)c2ccccc2-c2ccc(N(c3ccc(-c4ccccc4)cc3)c3ccc(-c4ccc(-n5c6ccc7ccccc7c6c6c7ccccc7ccc65)cc4)cc3)cc21. The molecular weight excluding hydrogens is 1450 g/mol. The lowest BCUT2D eigenvalue weighted by Gasteiger charge is -2.28. The van der Waals surface area contributed by atoms with Gasteiger partial charge in [-0.3, -0.25) is 0 Å². The molecule has 566 valence electrons. The first-order valence-electron chi connectivity index (χ1n) is 41.8. The van der Waals surface area contributed by atoms with E-state index >= 15 is 0 Å². The van der Waals surface area contributed by atoms with Gasteiger partial charge in [0.2, 0.25) is 0 Å². The third-order valence-electron chi connectivity index (χ3n) is 26.1. The molecule has 2 aliphatic carbocycles. The van der Waals surface area contributed by atoms with E-state index in [9.17, 15) is 0 Å². The Balaban J connectivity index is 0.000000140. The molecule has 0 unspecified atom stereocenters. The number of fused-ring (bicyclic) bond motifs is 21. The maximum absolute atomic E-state index is 2.44. The second-order valence-corrected chi connectivity index (χ2v) is 33.5. The van der Waals surface area contributed by atoms with Crippen LogP contribution in [0.5, 0.6) is 0 Å². The molecule has 0 radical (unpaired) electrons. The van der Waals surface area contributed by atoms with E-state index in [1.807, 2.05) is 0 Å². The summed E-state index contributed by atoms with van der Waals surface area (Å²) in [6.45, 7) is 9.44. The molecule has 0 bridgehead atoms. The van der Waals surface area contributed by atoms with Crippen molar-refractivity contribution in [3.63, 3.8) is 0 Å². The molecule has 120 heavy (non-hydrogen) atoms. The Hall–Kier alpha value is -15.1. The molecule has 0 spiro atoms. The van der Waals surface area contributed by atoms with Crippen molar-refractivity contribution < 1.29 is 0 Å². The fourth-order valence-corrected chi connectivity index (χ4v) is 20.1. The lowest BCUT2D eigenvalue weighted by atomic mass is 9.81. The zero-order valence-corrected chi connectivity index (χ0v) is 67.2. The first-order valence-corrected chi connectivity index (χ1v) is 41.8. The summed E-state index contributed by atoms with van der Waals surface area (Å²) >= 11 is 0. The van der Waals surface area contributed by atoms with Crippen molar-refractivity contribution in [3.05, 3.63) is 447 Å². The van der Waals surface area contributed by atoms with Gasteiger partial charge in [-0.05, 0) is 265 Å². The predicted molar refractivity (Wildman–Crippen MR) is 510 cm³/mol. The van der Waals surface area contributed by atoms with Crippen molar-refractivity contribution in [3.8, 4) is 67.0 Å². The van der Waals surface area contributed by atoms with Crippen molar-refractivity contribution in [2.75, 3.05) is 9.80 Å². The lowest BCUT2D eigenvalue weighted by Crippen LogP contribution is -2.16. The van der Waals surface area contributed by atoms with E-state index in [2.05, 4.69) is 471 Å². The Bertz CT molecular complexity index is 7660. The second kappa shape index (κ2) is 27.8. The van der Waals surface area contributed by atoms with Crippen molar-refractivity contribution in [1.82, 2.24) is 9.13 Å². The van der Waals surface area contributed by atoms with Crippen LogP contribution in [0.1, 0.15) is 49.9 Å². The molecule has 20 aromatic carbocycles. The number of anilines is 6. The van der Waals surface area contributed by atoms with Gasteiger partial charge in [-0.25, -0.2) is 0 Å². The minimum absolute atomic E-state index is 0.0956. The molecule has 4 heteroatoms. The summed E-state index contributed by atoms with van der Waals surface area (Å²) in [7, 11) is 0. The highest BCUT2D eigenvalue weighted by Crippen LogP contribution is 2.54. The van der Waals surface area contributed by atoms with Gasteiger partial charge in [-0.15, -0.1) is 0 Å². The Morgan fingerprint density at radius 3 is 0.858 bits per heavy atom. The molecule has 4 nitrogen and oxygen atoms in total. The Morgan fingerprint density at radius 2 is 0.458 bits per heavy atom. The third-order valence-corrected chi connectivity index (χ3v) is 26.1. The molecule has 22 aromatic rings. The predicted octanol–water partition coefficient (Wildman–Crippen LogP) is 31.9. The van der Waals surface area contributed by atoms with Crippen molar-refractivity contribution >= 4 is 132 Å². The number of benzene rings is 20. The topological polar surface area (TPSA) is 16.3 Å². The van der Waals surface area contributed by atoms with E-state index in [1.165, 1.54) is 175 Å². The van der Waals surface area contributed by atoms with Gasteiger partial charge >= 0.3 is 0 Å². The van der Waals surface area contributed by atoms with Gasteiger partial charge in [0, 0.05) is 77.9 Å². The number of nitrogens with zero attached hydrogens (tertiary/aromatic N) is 4. The Labute approximate surface area is 698 Å². The van der Waals surface area contributed by atoms with Crippen LogP contribution < -0.4 is 9.80 Å². The molecule has 0 saturated carbocycles. The standard InChI is InChI=1S/C59H42N2.C57H40N2/c1-59(2)53-19-11-10-18-51(53)52-35-34-48(38-54(52)59)60(45-28-20-40(21-29-45)39-12-4-3-5-13-39)46-30-22-41(23-31-46)42-24-32-47(33-25-42)61-55-36-26-43-14-6-8-16-49(43)57(55)58-50-17-9-7-15-44(50)27-37-56(58)61;1-57(2)51-35-42-15-7-6-14-41(42)34-50(51)49-31-30-46(36-52(49)57)58(43-16-4-3-5-17-43)44-26-20-37(21-27-44)38-22-28-45(29-23-38)59-53-32-24-39-12-8-10-18-47(39)55(53)56-48-19-11-9-13-40(48)25-33-54(56)59/h3-38H,1-2H3;3-36H,1-2H3. The van der Waals surface area contributed by atoms with Crippen molar-refractivity contribution in [1.29, 1.82) is 0 Å². The van der Waals surface area contributed by atoms with E-state index in [0.717, 1.165) is 45.5 Å². The van der Waals surface area contributed by atoms with Crippen LogP contribution in [-0.2, 0) is 10.8 Å². The highest BCUT2D eigenvalue weighted by Gasteiger charge is 2.38. The molecule has 0 amide bonds. The Kier molecular flexibility index (Phi) is 16.3. The maximum Gasteiger partial charge on any atom is 0.0547 e. The normalized spacial score (nSPS) is 13.0. The summed E-state index contributed by atoms with van der Waals surface area (Å²) in [5.41, 5.74) is 31.8. The first kappa shape index (κ1) is 70.3. The van der Waals surface area contributed by atoms with Gasteiger partial charge in [-0.1, -0.05) is 319 Å². The summed E-state index contributed by atoms with van der Waals surface area (Å²) in [6.07, 6.45) is 0. The molecule has 24 rings (SSSR count). The summed E-state index contributed by atoms with van der Waals surface area (Å²) in [5, 5.41) is 18.0. The number of para-hydroxylation sites is 1. The average molecular weight is 1530 g/mol. The molecule has 0 atom stereocenters. The van der Waals surface area contributed by atoms with E-state index in [0.29, 0.717) is 0 Å². The second-order valence-electron chi connectivity index (χ2n) is 33.5. The minimum atomic E-state index is -0.121. The molecule has 2 aliphatic rings. The smallest absolute Gasteiger partial charge is 0.0547 e. The molecular formula is C116H82N4. The van der Waals surface area contributed by atoms with Crippen LogP contribution in [0, 0.1) is 0 Å². The Morgan fingerprint density at radius 1 is 0.183 bits per heavy atom. The number of aromatic nitrogens is 2. The van der Waals surface area contributed by atoms with E-state index in [4.69, 9.17) is 0 Å². The van der Waals surface area contributed by atoms with Crippen LogP contribution in [0.4, 0.5) is 34.1 Å². The van der Waals surface area contributed by atoms with Crippen LogP contribution in [0.3, 0.4) is 0 Å². The van der Waals surface area contributed by atoms with Crippen molar-refractivity contribution in [2.24, 2.45) is 0 Å². The highest BCUT2D eigenvalue weighted by atomic mass is 15.1. The van der Waals surface area contributed by atoms with Gasteiger partial charge in [-0.2, -0.15) is 0 Å². The van der Waals surface area contributed by atoms with Crippen LogP contribution in [0.15, 0.2) is 425 Å². The number of hydrogen-bond acceptors (Lipinski definition) is 2. The van der Waals surface area contributed by atoms with Crippen LogP contribution in [-0.4, -0.2) is 9.13 Å². The monoisotopic (exact) mass is 1530 g/mol. The van der Waals surface area contributed by atoms with Gasteiger partial charge in [0.1, 0.15) is 0 Å². The fraction of sp³-hybridized carbons (Fsp3) is 0.0517. The van der Waals surface area contributed by atoms with E-state index < -0.39 is 0 Å². The van der Waals surface area contributed by atoms with Gasteiger partial charge < -0.3 is 18.9 Å². The van der Waals surface area contributed by atoms with Crippen LogP contribution in [0.25, 0.3) is 164 Å². The lowest BCUT2D eigenvalue weighted by molar-refractivity contribution is 0.660. The largest absolute Gasteiger partial charge is 0.310 e. The quantitative estimate of drug-likeness (QED) is 0.128. The highest BCUT2D eigenvalue weighted by molar-refractivity contribution is 6.30. The molecule has 0 N–H and O–H groups in total. The van der Waals surface area contributed by atoms with E-state index in [1.54, 1.807) is 0 Å². The molecule has 2 heterocycles. The molecule has 0 fully saturated rings. The zero-order valence-electron chi connectivity index (χ0n) is 67.2. The van der Waals surface area contributed by atoms with Gasteiger partial charge in [0.05, 0.1) is 22.1 Å². The number of rotatable bonds is 11. The van der Waals surface area contributed by atoms with Crippen LogP contribution >= 0.6 is 0 Å². The van der Waals surface area contributed by atoms with Crippen LogP contribution in [0.2, 0.25) is 0 Å². The fourth-order valence-electron chi connectivity index (χ4n) is 20.1. The summed E-state index contributed by atoms with van der Waals surface area (Å²) in [6, 6.07) is 156.